The molecule has 1 aliphatic carbocycles. The van der Waals surface area contributed by atoms with Gasteiger partial charge in [0.05, 0.1) is 4.88 Å². The molecule has 112 valence electrons. The molecule has 1 heterocycles. The quantitative estimate of drug-likeness (QED) is 0.872. The Bertz CT molecular complexity index is 558. The summed E-state index contributed by atoms with van der Waals surface area (Å²) in [7, 11) is 0. The van der Waals surface area contributed by atoms with Crippen LogP contribution in [0.3, 0.4) is 0 Å². The molecule has 0 unspecified atom stereocenters. The molecule has 0 spiro atoms. The third-order valence-electron chi connectivity index (χ3n) is 4.12. The van der Waals surface area contributed by atoms with Crippen molar-refractivity contribution >= 4 is 11.3 Å². The second kappa shape index (κ2) is 7.14. The first-order valence-corrected chi connectivity index (χ1v) is 8.54. The van der Waals surface area contributed by atoms with Crippen LogP contribution in [0.4, 0.5) is 4.39 Å². The summed E-state index contributed by atoms with van der Waals surface area (Å²) in [6.45, 7) is 1.94. The molecule has 0 saturated heterocycles. The van der Waals surface area contributed by atoms with Crippen LogP contribution in [-0.4, -0.2) is 11.5 Å². The van der Waals surface area contributed by atoms with E-state index in [0.717, 1.165) is 34.5 Å². The minimum atomic E-state index is -0.197. The van der Waals surface area contributed by atoms with Crippen LogP contribution in [-0.2, 0) is 6.54 Å². The highest BCUT2D eigenvalue weighted by Crippen LogP contribution is 2.26. The number of rotatable bonds is 5. The smallest absolute Gasteiger partial charge is 0.123 e. The molecule has 0 amide bonds. The molecule has 0 aliphatic heterocycles. The van der Waals surface area contributed by atoms with E-state index in [4.69, 9.17) is 0 Å². The van der Waals surface area contributed by atoms with Crippen molar-refractivity contribution in [1.29, 1.82) is 0 Å². The molecule has 1 aromatic heterocycles. The molecule has 3 rings (SSSR count). The summed E-state index contributed by atoms with van der Waals surface area (Å²) in [5.41, 5.74) is 1.03. The van der Waals surface area contributed by atoms with Gasteiger partial charge in [-0.15, -0.1) is 11.3 Å². The van der Waals surface area contributed by atoms with Crippen LogP contribution in [0.2, 0.25) is 0 Å². The molecule has 0 bridgehead atoms. The van der Waals surface area contributed by atoms with E-state index < -0.39 is 0 Å². The van der Waals surface area contributed by atoms with Gasteiger partial charge < -0.3 is 5.32 Å². The Morgan fingerprint density at radius 3 is 2.67 bits per heavy atom. The molecule has 0 radical (unpaired) electrons. The van der Waals surface area contributed by atoms with Gasteiger partial charge >= 0.3 is 0 Å². The number of halogens is 1. The molecule has 1 aromatic carbocycles. The summed E-state index contributed by atoms with van der Waals surface area (Å²) in [6, 6.07) is 6.61. The fourth-order valence-corrected chi connectivity index (χ4v) is 3.81. The fourth-order valence-electron chi connectivity index (χ4n) is 2.91. The lowest BCUT2D eigenvalue weighted by atomic mass is 9.89. The topological polar surface area (TPSA) is 24.9 Å². The van der Waals surface area contributed by atoms with E-state index in [1.807, 2.05) is 18.3 Å². The molecule has 2 nitrogen and oxygen atoms in total. The van der Waals surface area contributed by atoms with E-state index in [2.05, 4.69) is 10.3 Å². The van der Waals surface area contributed by atoms with Gasteiger partial charge in [-0.2, -0.15) is 0 Å². The first-order valence-electron chi connectivity index (χ1n) is 7.72. The maximum absolute atomic E-state index is 12.9. The Morgan fingerprint density at radius 2 is 1.90 bits per heavy atom. The fraction of sp³-hybridized carbons (Fsp3) is 0.471. The van der Waals surface area contributed by atoms with E-state index in [9.17, 15) is 4.39 Å². The van der Waals surface area contributed by atoms with Gasteiger partial charge in [0.15, 0.2) is 0 Å². The second-order valence-electron chi connectivity index (χ2n) is 5.76. The lowest BCUT2D eigenvalue weighted by Crippen LogP contribution is -2.24. The molecule has 1 aliphatic rings. The van der Waals surface area contributed by atoms with Crippen molar-refractivity contribution in [3.63, 3.8) is 0 Å². The third kappa shape index (κ3) is 4.11. The standard InChI is InChI=1S/C17H21FN2S/c18-15-8-6-14(7-9-15)16-11-20-17(21-16)12-19-10-13-4-2-1-3-5-13/h6-9,11,13,19H,1-5,10,12H2. The molecule has 0 atom stereocenters. The van der Waals surface area contributed by atoms with Crippen LogP contribution >= 0.6 is 11.3 Å². The van der Waals surface area contributed by atoms with Crippen molar-refractivity contribution < 1.29 is 4.39 Å². The van der Waals surface area contributed by atoms with Crippen molar-refractivity contribution in [1.82, 2.24) is 10.3 Å². The Kier molecular flexibility index (Phi) is 4.99. The number of hydrogen-bond donors (Lipinski definition) is 1. The van der Waals surface area contributed by atoms with Crippen LogP contribution in [0.25, 0.3) is 10.4 Å². The first-order chi connectivity index (χ1) is 10.3. The van der Waals surface area contributed by atoms with Crippen LogP contribution in [0, 0.1) is 11.7 Å². The number of nitrogens with one attached hydrogen (secondary N) is 1. The van der Waals surface area contributed by atoms with Gasteiger partial charge in [-0.25, -0.2) is 9.37 Å². The SMILES string of the molecule is Fc1ccc(-c2cnc(CNCC3CCCCC3)s2)cc1. The maximum atomic E-state index is 12.9. The summed E-state index contributed by atoms with van der Waals surface area (Å²) in [4.78, 5) is 5.56. The summed E-state index contributed by atoms with van der Waals surface area (Å²) in [5.74, 6) is 0.646. The van der Waals surface area contributed by atoms with E-state index in [1.54, 1.807) is 11.3 Å². The minimum Gasteiger partial charge on any atom is -0.310 e. The highest BCUT2D eigenvalue weighted by molar-refractivity contribution is 7.15. The zero-order valence-corrected chi connectivity index (χ0v) is 13.0. The lowest BCUT2D eigenvalue weighted by molar-refractivity contribution is 0.342. The Hall–Kier alpha value is -1.26. The Balaban J connectivity index is 1.51. The highest BCUT2D eigenvalue weighted by Gasteiger charge is 2.13. The molecular weight excluding hydrogens is 283 g/mol. The number of aromatic nitrogens is 1. The molecule has 1 saturated carbocycles. The first kappa shape index (κ1) is 14.7. The van der Waals surface area contributed by atoms with E-state index in [0.29, 0.717) is 0 Å². The van der Waals surface area contributed by atoms with Gasteiger partial charge in [0.1, 0.15) is 10.8 Å². The lowest BCUT2D eigenvalue weighted by Gasteiger charge is -2.21. The Labute approximate surface area is 129 Å². The third-order valence-corrected chi connectivity index (χ3v) is 5.16. The second-order valence-corrected chi connectivity index (χ2v) is 6.88. The van der Waals surface area contributed by atoms with Gasteiger partial charge in [-0.1, -0.05) is 31.4 Å². The summed E-state index contributed by atoms with van der Waals surface area (Å²) in [5, 5.41) is 4.64. The van der Waals surface area contributed by atoms with Gasteiger partial charge in [0.2, 0.25) is 0 Å². The molecule has 1 N–H and O–H groups in total. The van der Waals surface area contributed by atoms with Crippen molar-refractivity contribution in [3.8, 4) is 10.4 Å². The molecule has 4 heteroatoms. The van der Waals surface area contributed by atoms with Crippen LogP contribution in [0.1, 0.15) is 37.1 Å². The molecular formula is C17H21FN2S. The highest BCUT2D eigenvalue weighted by atomic mass is 32.1. The number of hydrogen-bond acceptors (Lipinski definition) is 3. The number of nitrogens with zero attached hydrogens (tertiary/aromatic N) is 1. The van der Waals surface area contributed by atoms with Crippen molar-refractivity contribution in [2.45, 2.75) is 38.6 Å². The Morgan fingerprint density at radius 1 is 1.14 bits per heavy atom. The number of thiazole rings is 1. The van der Waals surface area contributed by atoms with Crippen molar-refractivity contribution in [2.75, 3.05) is 6.54 Å². The van der Waals surface area contributed by atoms with Crippen molar-refractivity contribution in [2.24, 2.45) is 5.92 Å². The molecule has 1 fully saturated rings. The maximum Gasteiger partial charge on any atom is 0.123 e. The average molecular weight is 304 g/mol. The van der Waals surface area contributed by atoms with Gasteiger partial charge in [0, 0.05) is 12.7 Å². The van der Waals surface area contributed by atoms with Crippen LogP contribution in [0.15, 0.2) is 30.5 Å². The molecule has 21 heavy (non-hydrogen) atoms. The normalized spacial score (nSPS) is 16.2. The van der Waals surface area contributed by atoms with Gasteiger partial charge in [-0.05, 0) is 43.0 Å². The summed E-state index contributed by atoms with van der Waals surface area (Å²) in [6.07, 6.45) is 8.80. The van der Waals surface area contributed by atoms with Crippen LogP contribution < -0.4 is 5.32 Å². The zero-order valence-electron chi connectivity index (χ0n) is 12.1. The summed E-state index contributed by atoms with van der Waals surface area (Å²) < 4.78 is 12.9. The zero-order chi connectivity index (χ0) is 14.5. The van der Waals surface area contributed by atoms with Crippen molar-refractivity contribution in [3.05, 3.63) is 41.3 Å². The van der Waals surface area contributed by atoms with E-state index in [1.165, 1.54) is 44.2 Å². The van der Waals surface area contributed by atoms with Crippen LogP contribution in [0.5, 0.6) is 0 Å². The van der Waals surface area contributed by atoms with E-state index in [-0.39, 0.29) is 5.82 Å². The molecule has 2 aromatic rings. The van der Waals surface area contributed by atoms with Gasteiger partial charge in [0.25, 0.3) is 0 Å². The monoisotopic (exact) mass is 304 g/mol. The predicted octanol–water partition coefficient (Wildman–Crippen LogP) is 4.62. The average Bonchev–Trinajstić information content (AvgIpc) is 2.98. The minimum absolute atomic E-state index is 0.197. The van der Waals surface area contributed by atoms with Gasteiger partial charge in [-0.3, -0.25) is 0 Å². The predicted molar refractivity (Wildman–Crippen MR) is 85.8 cm³/mol. The van der Waals surface area contributed by atoms with E-state index >= 15 is 0 Å². The number of benzene rings is 1. The summed E-state index contributed by atoms with van der Waals surface area (Å²) >= 11 is 1.68. The largest absolute Gasteiger partial charge is 0.310 e.